The maximum atomic E-state index is 10.2. The van der Waals surface area contributed by atoms with Gasteiger partial charge in [0, 0.05) is 0 Å². The van der Waals surface area contributed by atoms with Gasteiger partial charge in [-0.3, -0.25) is 0 Å². The fraction of sp³-hybridized carbons (Fsp3) is 0.714. The summed E-state index contributed by atoms with van der Waals surface area (Å²) in [4.78, 5) is 0. The first kappa shape index (κ1) is 11.9. The summed E-state index contributed by atoms with van der Waals surface area (Å²) in [5.41, 5.74) is 1.70. The van der Waals surface area contributed by atoms with Crippen molar-refractivity contribution in [3.8, 4) is 0 Å². The van der Waals surface area contributed by atoms with Gasteiger partial charge in [0.25, 0.3) is 0 Å². The third kappa shape index (κ3) is 1.96. The van der Waals surface area contributed by atoms with Crippen molar-refractivity contribution in [3.05, 3.63) is 23.8 Å². The number of rotatable bonds is 0. The third-order valence-corrected chi connectivity index (χ3v) is 4.40. The van der Waals surface area contributed by atoms with Gasteiger partial charge in [-0.15, -0.1) is 0 Å². The van der Waals surface area contributed by atoms with Gasteiger partial charge in [0.1, 0.15) is 0 Å². The molecule has 1 fully saturated rings. The maximum Gasteiger partial charge on any atom is 0.0750 e. The molecule has 0 radical (unpaired) electrons. The van der Waals surface area contributed by atoms with Crippen LogP contribution in [0.3, 0.4) is 0 Å². The monoisotopic (exact) mass is 222 g/mol. The zero-order valence-electron chi connectivity index (χ0n) is 10.2. The first-order valence-electron chi connectivity index (χ1n) is 6.16. The smallest absolute Gasteiger partial charge is 0.0750 e. The summed E-state index contributed by atoms with van der Waals surface area (Å²) in [7, 11) is 0. The molecule has 0 aromatic heterocycles. The molecule has 16 heavy (non-hydrogen) atoms. The maximum absolute atomic E-state index is 10.2. The largest absolute Gasteiger partial charge is 0.390 e. The number of aliphatic hydroxyl groups excluding tert-OH is 1. The van der Waals surface area contributed by atoms with Gasteiger partial charge in [0.2, 0.25) is 0 Å². The van der Waals surface area contributed by atoms with Gasteiger partial charge in [0.05, 0.1) is 11.7 Å². The van der Waals surface area contributed by atoms with E-state index in [9.17, 15) is 10.2 Å². The molecule has 0 aromatic rings. The molecule has 4 atom stereocenters. The molecule has 0 amide bonds. The highest BCUT2D eigenvalue weighted by molar-refractivity contribution is 5.19. The van der Waals surface area contributed by atoms with Gasteiger partial charge in [-0.1, -0.05) is 18.2 Å². The summed E-state index contributed by atoms with van der Waals surface area (Å²) in [6.07, 6.45) is 5.10. The molecular weight excluding hydrogens is 200 g/mol. The molecule has 0 heterocycles. The number of fused-ring (bicyclic) bond motifs is 1. The standard InChI is InChI=1S/C14H22O2/c1-9-5-7-13(15)10(2)4-6-12-11(9)8-14(12,3)16/h4,11-13,15-16H,1,5-8H2,2-3H3. The predicted molar refractivity (Wildman–Crippen MR) is 65.0 cm³/mol. The molecule has 0 aromatic carbocycles. The summed E-state index contributed by atoms with van der Waals surface area (Å²) in [5.74, 6) is 0.740. The van der Waals surface area contributed by atoms with Crippen molar-refractivity contribution in [2.24, 2.45) is 11.8 Å². The minimum atomic E-state index is -0.542. The van der Waals surface area contributed by atoms with Crippen molar-refractivity contribution in [1.29, 1.82) is 0 Å². The average molecular weight is 222 g/mol. The van der Waals surface area contributed by atoms with E-state index < -0.39 is 5.60 Å². The minimum absolute atomic E-state index is 0.292. The van der Waals surface area contributed by atoms with Crippen LogP contribution < -0.4 is 0 Å². The van der Waals surface area contributed by atoms with Crippen LogP contribution in [-0.2, 0) is 0 Å². The van der Waals surface area contributed by atoms with E-state index in [2.05, 4.69) is 12.7 Å². The Morgan fingerprint density at radius 3 is 2.81 bits per heavy atom. The third-order valence-electron chi connectivity index (χ3n) is 4.40. The van der Waals surface area contributed by atoms with Crippen molar-refractivity contribution in [1.82, 2.24) is 0 Å². The number of aliphatic hydroxyl groups is 2. The van der Waals surface area contributed by atoms with Gasteiger partial charge in [-0.05, 0) is 56.9 Å². The van der Waals surface area contributed by atoms with E-state index in [0.717, 1.165) is 31.3 Å². The van der Waals surface area contributed by atoms with Crippen LogP contribution in [0.2, 0.25) is 0 Å². The van der Waals surface area contributed by atoms with Crippen LogP contribution in [0.5, 0.6) is 0 Å². The van der Waals surface area contributed by atoms with Crippen LogP contribution in [-0.4, -0.2) is 21.9 Å². The van der Waals surface area contributed by atoms with Crippen LogP contribution in [0.25, 0.3) is 0 Å². The molecule has 0 bridgehead atoms. The van der Waals surface area contributed by atoms with Crippen molar-refractivity contribution in [2.75, 3.05) is 0 Å². The highest BCUT2D eigenvalue weighted by Crippen LogP contribution is 2.50. The second-order valence-electron chi connectivity index (χ2n) is 5.67. The Morgan fingerprint density at radius 1 is 1.50 bits per heavy atom. The molecular formula is C14H22O2. The fourth-order valence-corrected chi connectivity index (χ4v) is 3.04. The molecule has 2 heteroatoms. The molecule has 1 saturated carbocycles. The molecule has 2 rings (SSSR count). The number of allylic oxidation sites excluding steroid dienone is 2. The molecule has 4 unspecified atom stereocenters. The normalized spacial score (nSPS) is 44.6. The Bertz CT molecular complexity index is 328. The zero-order valence-corrected chi connectivity index (χ0v) is 10.2. The first-order valence-corrected chi connectivity index (χ1v) is 6.16. The van der Waals surface area contributed by atoms with E-state index >= 15 is 0 Å². The van der Waals surface area contributed by atoms with Gasteiger partial charge >= 0.3 is 0 Å². The van der Waals surface area contributed by atoms with Crippen molar-refractivity contribution >= 4 is 0 Å². The minimum Gasteiger partial charge on any atom is -0.390 e. The van der Waals surface area contributed by atoms with Crippen LogP contribution in [0.1, 0.15) is 39.5 Å². The summed E-state index contributed by atoms with van der Waals surface area (Å²) in [5, 5.41) is 20.0. The SMILES string of the molecule is C=C1CCC(O)C(C)=CCC2C1CC2(C)O. The molecule has 0 aliphatic heterocycles. The Kier molecular flexibility index (Phi) is 2.97. The molecule has 0 spiro atoms. The van der Waals surface area contributed by atoms with Crippen LogP contribution in [0.4, 0.5) is 0 Å². The Labute approximate surface area is 97.7 Å². The Morgan fingerprint density at radius 2 is 2.19 bits per heavy atom. The number of hydrogen-bond acceptors (Lipinski definition) is 2. The lowest BCUT2D eigenvalue weighted by Crippen LogP contribution is -2.52. The molecule has 0 saturated heterocycles. The summed E-state index contributed by atoms with van der Waals surface area (Å²) < 4.78 is 0. The quantitative estimate of drug-likeness (QED) is 0.618. The average Bonchev–Trinajstić information content (AvgIpc) is 2.24. The van der Waals surface area contributed by atoms with Gasteiger partial charge in [0.15, 0.2) is 0 Å². The highest BCUT2D eigenvalue weighted by Gasteiger charge is 2.49. The lowest BCUT2D eigenvalue weighted by Gasteiger charge is -2.50. The van der Waals surface area contributed by atoms with Crippen molar-refractivity contribution < 1.29 is 10.2 Å². The molecule has 2 N–H and O–H groups in total. The highest BCUT2D eigenvalue weighted by atomic mass is 16.3. The second kappa shape index (κ2) is 4.01. The van der Waals surface area contributed by atoms with Crippen molar-refractivity contribution in [3.63, 3.8) is 0 Å². The second-order valence-corrected chi connectivity index (χ2v) is 5.67. The summed E-state index contributed by atoms with van der Waals surface area (Å²) in [6.45, 7) is 8.01. The van der Waals surface area contributed by atoms with E-state index in [1.165, 1.54) is 5.57 Å². The van der Waals surface area contributed by atoms with E-state index in [1.807, 2.05) is 13.8 Å². The van der Waals surface area contributed by atoms with Crippen molar-refractivity contribution in [2.45, 2.75) is 51.2 Å². The van der Waals surface area contributed by atoms with Crippen LogP contribution >= 0.6 is 0 Å². The summed E-state index contributed by atoms with van der Waals surface area (Å²) in [6, 6.07) is 0. The van der Waals surface area contributed by atoms with Gasteiger partial charge < -0.3 is 10.2 Å². The topological polar surface area (TPSA) is 40.5 Å². The lowest BCUT2D eigenvalue weighted by atomic mass is 9.58. The van der Waals surface area contributed by atoms with E-state index in [0.29, 0.717) is 11.8 Å². The first-order chi connectivity index (χ1) is 7.42. The van der Waals surface area contributed by atoms with E-state index in [4.69, 9.17) is 0 Å². The van der Waals surface area contributed by atoms with E-state index in [-0.39, 0.29) is 6.10 Å². The molecule has 2 aliphatic carbocycles. The molecule has 2 nitrogen and oxygen atoms in total. The fourth-order valence-electron chi connectivity index (χ4n) is 3.04. The van der Waals surface area contributed by atoms with Gasteiger partial charge in [-0.25, -0.2) is 0 Å². The lowest BCUT2D eigenvalue weighted by molar-refractivity contribution is -0.111. The van der Waals surface area contributed by atoms with Crippen LogP contribution in [0, 0.1) is 11.8 Å². The molecule has 2 aliphatic rings. The van der Waals surface area contributed by atoms with Crippen LogP contribution in [0.15, 0.2) is 23.8 Å². The predicted octanol–water partition coefficient (Wildman–Crippen LogP) is 2.42. The summed E-state index contributed by atoms with van der Waals surface area (Å²) >= 11 is 0. The zero-order chi connectivity index (χ0) is 11.9. The van der Waals surface area contributed by atoms with Gasteiger partial charge in [-0.2, -0.15) is 0 Å². The Balaban J connectivity index is 2.18. The Hall–Kier alpha value is -0.600. The molecule has 90 valence electrons. The number of hydrogen-bond donors (Lipinski definition) is 2. The van der Waals surface area contributed by atoms with E-state index in [1.54, 1.807) is 0 Å².